The number of aromatic nitrogens is 3. The van der Waals surface area contributed by atoms with Crippen LogP contribution in [0.2, 0.25) is 0 Å². The van der Waals surface area contributed by atoms with E-state index < -0.39 is 0 Å². The van der Waals surface area contributed by atoms with E-state index in [0.29, 0.717) is 17.1 Å². The fourth-order valence-corrected chi connectivity index (χ4v) is 1.07. The molecular weight excluding hydrogens is 166 g/mol. The number of rotatable bonds is 1. The fraction of sp³-hybridized carbons (Fsp3) is 0.111. The highest BCUT2D eigenvalue weighted by atomic mass is 16.5. The van der Waals surface area contributed by atoms with Crippen molar-refractivity contribution in [3.8, 4) is 18.2 Å². The molecule has 13 heavy (non-hydrogen) atoms. The van der Waals surface area contributed by atoms with Gasteiger partial charge in [-0.15, -0.1) is 6.42 Å². The van der Waals surface area contributed by atoms with Crippen LogP contribution < -0.4 is 4.74 Å². The molecule has 0 N–H and O–H groups in total. The van der Waals surface area contributed by atoms with Gasteiger partial charge in [0.15, 0.2) is 5.65 Å². The minimum absolute atomic E-state index is 0.532. The maximum atomic E-state index is 5.27. The molecule has 64 valence electrons. The Kier molecular flexibility index (Phi) is 1.64. The first-order valence-corrected chi connectivity index (χ1v) is 3.70. The standard InChI is InChI=1S/C9H7N3O/c1-3-7-6-10-12-5-4-8(13-2)11-9(7)12/h1,4-6H,2H3. The summed E-state index contributed by atoms with van der Waals surface area (Å²) in [5, 5.41) is 4.02. The minimum atomic E-state index is 0.532. The molecule has 2 aromatic heterocycles. The van der Waals surface area contributed by atoms with E-state index in [1.165, 1.54) is 0 Å². The largest absolute Gasteiger partial charge is 0.481 e. The number of hydrogen-bond donors (Lipinski definition) is 0. The van der Waals surface area contributed by atoms with E-state index in [9.17, 15) is 0 Å². The molecule has 0 amide bonds. The van der Waals surface area contributed by atoms with Gasteiger partial charge in [-0.05, 0) is 0 Å². The number of terminal acetylenes is 1. The third-order valence-corrected chi connectivity index (χ3v) is 1.71. The lowest BCUT2D eigenvalue weighted by molar-refractivity contribution is 0.398. The van der Waals surface area contributed by atoms with E-state index in [1.807, 2.05) is 0 Å². The van der Waals surface area contributed by atoms with Crippen LogP contribution in [0.25, 0.3) is 5.65 Å². The molecule has 2 aromatic rings. The van der Waals surface area contributed by atoms with Gasteiger partial charge in [0.05, 0.1) is 18.9 Å². The Hall–Kier alpha value is -2.02. The Labute approximate surface area is 75.2 Å². The molecule has 0 aliphatic heterocycles. The number of hydrogen-bond acceptors (Lipinski definition) is 3. The Morgan fingerprint density at radius 1 is 1.62 bits per heavy atom. The van der Waals surface area contributed by atoms with Crippen molar-refractivity contribution in [2.45, 2.75) is 0 Å². The highest BCUT2D eigenvalue weighted by molar-refractivity contribution is 5.55. The van der Waals surface area contributed by atoms with Gasteiger partial charge in [0.1, 0.15) is 0 Å². The average Bonchev–Trinajstić information content (AvgIpc) is 2.59. The number of methoxy groups -OCH3 is 1. The van der Waals surface area contributed by atoms with E-state index in [0.717, 1.165) is 0 Å². The highest BCUT2D eigenvalue weighted by Gasteiger charge is 2.03. The van der Waals surface area contributed by atoms with Gasteiger partial charge in [-0.2, -0.15) is 10.1 Å². The molecule has 0 radical (unpaired) electrons. The van der Waals surface area contributed by atoms with Gasteiger partial charge in [-0.3, -0.25) is 0 Å². The van der Waals surface area contributed by atoms with Gasteiger partial charge in [0.2, 0.25) is 5.88 Å². The van der Waals surface area contributed by atoms with Crippen molar-refractivity contribution in [3.05, 3.63) is 24.0 Å². The van der Waals surface area contributed by atoms with Crippen LogP contribution in [0, 0.1) is 12.3 Å². The zero-order chi connectivity index (χ0) is 9.26. The van der Waals surface area contributed by atoms with Gasteiger partial charge in [0, 0.05) is 12.3 Å². The van der Waals surface area contributed by atoms with Crippen LogP contribution in [-0.4, -0.2) is 21.7 Å². The molecule has 0 saturated carbocycles. The second kappa shape index (κ2) is 2.79. The van der Waals surface area contributed by atoms with Crippen LogP contribution in [0.5, 0.6) is 5.88 Å². The highest BCUT2D eigenvalue weighted by Crippen LogP contribution is 2.11. The summed E-state index contributed by atoms with van der Waals surface area (Å²) < 4.78 is 6.58. The summed E-state index contributed by atoms with van der Waals surface area (Å²) in [5.74, 6) is 3.03. The van der Waals surface area contributed by atoms with E-state index in [2.05, 4.69) is 16.0 Å². The van der Waals surface area contributed by atoms with E-state index in [-0.39, 0.29) is 0 Å². The number of nitrogens with zero attached hydrogens (tertiary/aromatic N) is 3. The van der Waals surface area contributed by atoms with Gasteiger partial charge >= 0.3 is 0 Å². The molecule has 0 aromatic carbocycles. The van der Waals surface area contributed by atoms with Crippen LogP contribution >= 0.6 is 0 Å². The summed E-state index contributed by atoms with van der Waals surface area (Å²) in [6, 6.07) is 1.72. The summed E-state index contributed by atoms with van der Waals surface area (Å²) in [6.45, 7) is 0. The second-order valence-electron chi connectivity index (χ2n) is 2.44. The Morgan fingerprint density at radius 3 is 3.15 bits per heavy atom. The molecule has 4 nitrogen and oxygen atoms in total. The summed E-state index contributed by atoms with van der Waals surface area (Å²) in [4.78, 5) is 4.16. The van der Waals surface area contributed by atoms with Crippen LogP contribution in [0.15, 0.2) is 18.5 Å². The summed E-state index contributed by atoms with van der Waals surface area (Å²) in [6.07, 6.45) is 8.62. The molecule has 0 saturated heterocycles. The van der Waals surface area contributed by atoms with E-state index >= 15 is 0 Å². The molecule has 0 unspecified atom stereocenters. The van der Waals surface area contributed by atoms with Crippen molar-refractivity contribution >= 4 is 5.65 Å². The second-order valence-corrected chi connectivity index (χ2v) is 2.44. The maximum absolute atomic E-state index is 5.27. The predicted molar refractivity (Wildman–Crippen MR) is 47.5 cm³/mol. The number of ether oxygens (including phenoxy) is 1. The zero-order valence-electron chi connectivity index (χ0n) is 7.06. The molecule has 4 heteroatoms. The van der Waals surface area contributed by atoms with Gasteiger partial charge in [0.25, 0.3) is 0 Å². The van der Waals surface area contributed by atoms with E-state index in [1.54, 1.807) is 30.1 Å². The van der Waals surface area contributed by atoms with Crippen molar-refractivity contribution in [2.24, 2.45) is 0 Å². The van der Waals surface area contributed by atoms with Crippen LogP contribution in [0.3, 0.4) is 0 Å². The van der Waals surface area contributed by atoms with Gasteiger partial charge < -0.3 is 4.74 Å². The molecule has 0 aliphatic carbocycles. The molecule has 0 atom stereocenters. The van der Waals surface area contributed by atoms with E-state index in [4.69, 9.17) is 11.2 Å². The summed E-state index contributed by atoms with van der Waals surface area (Å²) >= 11 is 0. The van der Waals surface area contributed by atoms with Crippen molar-refractivity contribution in [3.63, 3.8) is 0 Å². The molecule has 2 rings (SSSR count). The zero-order valence-corrected chi connectivity index (χ0v) is 7.06. The smallest absolute Gasteiger partial charge is 0.216 e. The first-order valence-electron chi connectivity index (χ1n) is 3.70. The third kappa shape index (κ3) is 1.11. The predicted octanol–water partition coefficient (Wildman–Crippen LogP) is 0.719. The lowest BCUT2D eigenvalue weighted by atomic mass is 10.3. The quantitative estimate of drug-likeness (QED) is 0.596. The monoisotopic (exact) mass is 173 g/mol. The Balaban J connectivity index is 2.73. The molecule has 0 fully saturated rings. The van der Waals surface area contributed by atoms with Crippen LogP contribution in [-0.2, 0) is 0 Å². The van der Waals surface area contributed by atoms with Crippen LogP contribution in [0.4, 0.5) is 0 Å². The maximum Gasteiger partial charge on any atom is 0.216 e. The normalized spacial score (nSPS) is 9.85. The SMILES string of the molecule is C#Cc1cnn2ccc(OC)nc12. The Morgan fingerprint density at radius 2 is 2.46 bits per heavy atom. The summed E-state index contributed by atoms with van der Waals surface area (Å²) in [5.41, 5.74) is 1.31. The lowest BCUT2D eigenvalue weighted by Crippen LogP contribution is -1.93. The molecule has 0 aliphatic rings. The van der Waals surface area contributed by atoms with Crippen molar-refractivity contribution in [2.75, 3.05) is 7.11 Å². The molecular formula is C9H7N3O. The average molecular weight is 173 g/mol. The van der Waals surface area contributed by atoms with Crippen molar-refractivity contribution < 1.29 is 4.74 Å². The first kappa shape index (κ1) is 7.62. The molecule has 2 heterocycles. The first-order chi connectivity index (χ1) is 6.35. The van der Waals surface area contributed by atoms with Crippen LogP contribution in [0.1, 0.15) is 5.56 Å². The lowest BCUT2D eigenvalue weighted by Gasteiger charge is -1.97. The molecule has 0 bridgehead atoms. The Bertz CT molecular complexity index is 481. The topological polar surface area (TPSA) is 39.4 Å². The van der Waals surface area contributed by atoms with Gasteiger partial charge in [-0.25, -0.2) is 4.52 Å². The number of fused-ring (bicyclic) bond motifs is 1. The third-order valence-electron chi connectivity index (χ3n) is 1.71. The summed E-state index contributed by atoms with van der Waals surface area (Å²) in [7, 11) is 1.56. The minimum Gasteiger partial charge on any atom is -0.481 e. The van der Waals surface area contributed by atoms with Gasteiger partial charge in [-0.1, -0.05) is 5.92 Å². The van der Waals surface area contributed by atoms with Crippen molar-refractivity contribution in [1.82, 2.24) is 14.6 Å². The van der Waals surface area contributed by atoms with Crippen molar-refractivity contribution in [1.29, 1.82) is 0 Å². The molecule has 0 spiro atoms. The fourth-order valence-electron chi connectivity index (χ4n) is 1.07.